The number of rotatable bonds is 4. The van der Waals surface area contributed by atoms with E-state index < -0.39 is 0 Å². The molecule has 2 unspecified atom stereocenters. The first kappa shape index (κ1) is 12.0. The first-order chi connectivity index (χ1) is 6.63. The predicted octanol–water partition coefficient (Wildman–Crippen LogP) is 0.620. The summed E-state index contributed by atoms with van der Waals surface area (Å²) in [6.07, 6.45) is 2.67. The fraction of sp³-hybridized carbons (Fsp3) is 1.00. The standard InChI is InChI=1S/C11H25N3/c1-10(8-13(3)4)14-7-5-6-11(9-14)12-2/h10-12H,5-9H2,1-4H3. The minimum Gasteiger partial charge on any atom is -0.316 e. The Morgan fingerprint density at radius 3 is 2.79 bits per heavy atom. The Hall–Kier alpha value is -0.120. The molecular formula is C11H25N3. The molecule has 1 aliphatic heterocycles. The van der Waals surface area contributed by atoms with E-state index in [9.17, 15) is 0 Å². The third-order valence-corrected chi connectivity index (χ3v) is 3.11. The summed E-state index contributed by atoms with van der Waals surface area (Å²) < 4.78 is 0. The van der Waals surface area contributed by atoms with Gasteiger partial charge in [0.1, 0.15) is 0 Å². The maximum atomic E-state index is 3.39. The lowest BCUT2D eigenvalue weighted by atomic mass is 10.0. The van der Waals surface area contributed by atoms with Crippen molar-refractivity contribution in [1.29, 1.82) is 0 Å². The molecule has 0 aromatic carbocycles. The molecule has 84 valence electrons. The molecule has 0 amide bonds. The molecule has 0 radical (unpaired) electrons. The maximum Gasteiger partial charge on any atom is 0.0195 e. The lowest BCUT2D eigenvalue weighted by molar-refractivity contribution is 0.128. The van der Waals surface area contributed by atoms with E-state index in [1.165, 1.54) is 25.9 Å². The van der Waals surface area contributed by atoms with E-state index in [1.807, 2.05) is 0 Å². The Kier molecular flexibility index (Phi) is 4.85. The molecule has 14 heavy (non-hydrogen) atoms. The van der Waals surface area contributed by atoms with E-state index in [2.05, 4.69) is 43.2 Å². The highest BCUT2D eigenvalue weighted by Crippen LogP contribution is 2.12. The van der Waals surface area contributed by atoms with Crippen LogP contribution in [0.25, 0.3) is 0 Å². The molecular weight excluding hydrogens is 174 g/mol. The van der Waals surface area contributed by atoms with Gasteiger partial charge in [-0.15, -0.1) is 0 Å². The van der Waals surface area contributed by atoms with E-state index in [-0.39, 0.29) is 0 Å². The van der Waals surface area contributed by atoms with Crippen LogP contribution in [0.5, 0.6) is 0 Å². The van der Waals surface area contributed by atoms with Crippen molar-refractivity contribution in [2.45, 2.75) is 31.8 Å². The van der Waals surface area contributed by atoms with Crippen LogP contribution < -0.4 is 5.32 Å². The van der Waals surface area contributed by atoms with Crippen molar-refractivity contribution in [3.8, 4) is 0 Å². The van der Waals surface area contributed by atoms with Gasteiger partial charge < -0.3 is 10.2 Å². The quantitative estimate of drug-likeness (QED) is 0.716. The fourth-order valence-electron chi connectivity index (χ4n) is 2.29. The molecule has 1 N–H and O–H groups in total. The molecule has 1 heterocycles. The maximum absolute atomic E-state index is 3.39. The monoisotopic (exact) mass is 199 g/mol. The Morgan fingerprint density at radius 2 is 2.21 bits per heavy atom. The number of piperidine rings is 1. The molecule has 3 nitrogen and oxygen atoms in total. The van der Waals surface area contributed by atoms with Crippen LogP contribution in [0.2, 0.25) is 0 Å². The van der Waals surface area contributed by atoms with Gasteiger partial charge in [0.05, 0.1) is 0 Å². The molecule has 0 aromatic rings. The summed E-state index contributed by atoms with van der Waals surface area (Å²) in [5.41, 5.74) is 0. The lowest BCUT2D eigenvalue weighted by Crippen LogP contribution is -2.50. The molecule has 1 saturated heterocycles. The van der Waals surface area contributed by atoms with E-state index >= 15 is 0 Å². The second-order valence-corrected chi connectivity index (χ2v) is 4.73. The van der Waals surface area contributed by atoms with Crippen LogP contribution in [0.3, 0.4) is 0 Å². The smallest absolute Gasteiger partial charge is 0.0195 e. The van der Waals surface area contributed by atoms with Crippen LogP contribution in [0.4, 0.5) is 0 Å². The number of likely N-dealkylation sites (N-methyl/N-ethyl adjacent to an activating group) is 2. The van der Waals surface area contributed by atoms with Gasteiger partial charge in [0, 0.05) is 25.2 Å². The number of hydrogen-bond donors (Lipinski definition) is 1. The third-order valence-electron chi connectivity index (χ3n) is 3.11. The zero-order chi connectivity index (χ0) is 10.6. The van der Waals surface area contributed by atoms with Crippen LogP contribution >= 0.6 is 0 Å². The largest absolute Gasteiger partial charge is 0.316 e. The predicted molar refractivity (Wildman–Crippen MR) is 61.7 cm³/mol. The van der Waals surface area contributed by atoms with Gasteiger partial charge >= 0.3 is 0 Å². The van der Waals surface area contributed by atoms with Crippen molar-refractivity contribution >= 4 is 0 Å². The summed E-state index contributed by atoms with van der Waals surface area (Å²) in [5.74, 6) is 0. The average Bonchev–Trinajstić information content (AvgIpc) is 2.17. The van der Waals surface area contributed by atoms with Gasteiger partial charge in [-0.05, 0) is 47.5 Å². The zero-order valence-electron chi connectivity index (χ0n) is 10.1. The highest BCUT2D eigenvalue weighted by atomic mass is 15.2. The minimum absolute atomic E-state index is 0.682. The highest BCUT2D eigenvalue weighted by Gasteiger charge is 2.22. The molecule has 0 aromatic heterocycles. The second-order valence-electron chi connectivity index (χ2n) is 4.73. The first-order valence-corrected chi connectivity index (χ1v) is 5.69. The molecule has 0 aliphatic carbocycles. The summed E-state index contributed by atoms with van der Waals surface area (Å²) in [5, 5.41) is 3.39. The summed E-state index contributed by atoms with van der Waals surface area (Å²) in [6.45, 7) is 5.98. The van der Waals surface area contributed by atoms with Gasteiger partial charge in [0.25, 0.3) is 0 Å². The molecule has 1 rings (SSSR count). The molecule has 1 fully saturated rings. The second kappa shape index (κ2) is 5.69. The van der Waals surface area contributed by atoms with Gasteiger partial charge in [-0.2, -0.15) is 0 Å². The van der Waals surface area contributed by atoms with Gasteiger partial charge in [0.2, 0.25) is 0 Å². The van der Waals surface area contributed by atoms with Crippen LogP contribution in [0, 0.1) is 0 Å². The number of hydrogen-bond acceptors (Lipinski definition) is 3. The Bertz CT molecular complexity index is 159. The van der Waals surface area contributed by atoms with Crippen molar-refractivity contribution in [3.63, 3.8) is 0 Å². The lowest BCUT2D eigenvalue weighted by Gasteiger charge is -2.37. The molecule has 2 atom stereocenters. The Labute approximate surface area is 88.5 Å². The molecule has 0 bridgehead atoms. The summed E-state index contributed by atoms with van der Waals surface area (Å²) >= 11 is 0. The fourth-order valence-corrected chi connectivity index (χ4v) is 2.29. The van der Waals surface area contributed by atoms with Crippen LogP contribution in [-0.4, -0.2) is 62.7 Å². The minimum atomic E-state index is 0.682. The van der Waals surface area contributed by atoms with E-state index in [0.29, 0.717) is 12.1 Å². The van der Waals surface area contributed by atoms with Gasteiger partial charge in [0.15, 0.2) is 0 Å². The van der Waals surface area contributed by atoms with Crippen molar-refractivity contribution < 1.29 is 0 Å². The van der Waals surface area contributed by atoms with Crippen LogP contribution in [0.15, 0.2) is 0 Å². The van der Waals surface area contributed by atoms with Gasteiger partial charge in [-0.25, -0.2) is 0 Å². The highest BCUT2D eigenvalue weighted by molar-refractivity contribution is 4.80. The normalized spacial score (nSPS) is 26.8. The summed E-state index contributed by atoms with van der Waals surface area (Å²) in [6, 6.07) is 1.38. The third kappa shape index (κ3) is 3.56. The van der Waals surface area contributed by atoms with Gasteiger partial charge in [-0.3, -0.25) is 4.90 Å². The van der Waals surface area contributed by atoms with E-state index in [0.717, 1.165) is 6.54 Å². The summed E-state index contributed by atoms with van der Waals surface area (Å²) in [7, 11) is 6.37. The topological polar surface area (TPSA) is 18.5 Å². The summed E-state index contributed by atoms with van der Waals surface area (Å²) in [4.78, 5) is 4.87. The number of nitrogens with one attached hydrogen (secondary N) is 1. The molecule has 3 heteroatoms. The zero-order valence-corrected chi connectivity index (χ0v) is 10.1. The average molecular weight is 199 g/mol. The van der Waals surface area contributed by atoms with Gasteiger partial charge in [-0.1, -0.05) is 0 Å². The van der Waals surface area contributed by atoms with Crippen LogP contribution in [-0.2, 0) is 0 Å². The number of nitrogens with zero attached hydrogens (tertiary/aromatic N) is 2. The van der Waals surface area contributed by atoms with Crippen molar-refractivity contribution in [2.24, 2.45) is 0 Å². The van der Waals surface area contributed by atoms with Crippen LogP contribution in [0.1, 0.15) is 19.8 Å². The van der Waals surface area contributed by atoms with Crippen molar-refractivity contribution in [3.05, 3.63) is 0 Å². The molecule has 0 saturated carbocycles. The Balaban J connectivity index is 2.35. The van der Waals surface area contributed by atoms with E-state index in [1.54, 1.807) is 0 Å². The number of likely N-dealkylation sites (tertiary alicyclic amines) is 1. The molecule has 0 spiro atoms. The van der Waals surface area contributed by atoms with E-state index in [4.69, 9.17) is 0 Å². The Morgan fingerprint density at radius 1 is 1.50 bits per heavy atom. The first-order valence-electron chi connectivity index (χ1n) is 5.69. The SMILES string of the molecule is CNC1CCCN(C(C)CN(C)C)C1. The molecule has 1 aliphatic rings. The van der Waals surface area contributed by atoms with Crippen molar-refractivity contribution in [1.82, 2.24) is 15.1 Å². The van der Waals surface area contributed by atoms with Crippen molar-refractivity contribution in [2.75, 3.05) is 40.8 Å².